The summed E-state index contributed by atoms with van der Waals surface area (Å²) in [7, 11) is 0. The SMILES string of the molecule is O=C(c1ccc(-c2ccc(NC3=NC[N+]([O-])(O)c4ncccc43)cc2)cc1)N1CCCCC1. The van der Waals surface area contributed by atoms with Crippen molar-refractivity contribution in [2.75, 3.05) is 25.1 Å². The third-order valence-corrected chi connectivity index (χ3v) is 6.05. The van der Waals surface area contributed by atoms with Crippen molar-refractivity contribution in [1.29, 1.82) is 0 Å². The number of amidine groups is 1. The van der Waals surface area contributed by atoms with Gasteiger partial charge in [0.15, 0.2) is 0 Å². The van der Waals surface area contributed by atoms with Gasteiger partial charge in [-0.25, -0.2) is 15.2 Å². The zero-order valence-electron chi connectivity index (χ0n) is 18.1. The summed E-state index contributed by atoms with van der Waals surface area (Å²) >= 11 is 0. The number of rotatable bonds is 3. The average molecular weight is 444 g/mol. The monoisotopic (exact) mass is 443 g/mol. The molecule has 2 aliphatic heterocycles. The highest BCUT2D eigenvalue weighted by Crippen LogP contribution is 2.28. The van der Waals surface area contributed by atoms with E-state index in [-0.39, 0.29) is 18.4 Å². The summed E-state index contributed by atoms with van der Waals surface area (Å²) < 4.78 is 0. The molecular weight excluding hydrogens is 418 g/mol. The zero-order valence-corrected chi connectivity index (χ0v) is 18.1. The Morgan fingerprint density at radius 2 is 1.64 bits per heavy atom. The Kier molecular flexibility index (Phi) is 5.63. The van der Waals surface area contributed by atoms with Gasteiger partial charge in [0.1, 0.15) is 11.4 Å². The lowest BCUT2D eigenvalue weighted by atomic mass is 10.0. The first kappa shape index (κ1) is 21.3. The molecule has 8 heteroatoms. The van der Waals surface area contributed by atoms with Crippen LogP contribution in [0.4, 0.5) is 11.5 Å². The largest absolute Gasteiger partial charge is 0.591 e. The van der Waals surface area contributed by atoms with Crippen LogP contribution >= 0.6 is 0 Å². The molecule has 33 heavy (non-hydrogen) atoms. The number of benzene rings is 2. The lowest BCUT2D eigenvalue weighted by Crippen LogP contribution is -2.45. The Morgan fingerprint density at radius 3 is 2.33 bits per heavy atom. The van der Waals surface area contributed by atoms with Crippen LogP contribution < -0.4 is 10.1 Å². The summed E-state index contributed by atoms with van der Waals surface area (Å²) in [5.74, 6) is 0.614. The highest BCUT2D eigenvalue weighted by atomic mass is 16.8. The van der Waals surface area contributed by atoms with Crippen molar-refractivity contribution < 1.29 is 10.0 Å². The molecule has 1 unspecified atom stereocenters. The van der Waals surface area contributed by atoms with Gasteiger partial charge in [0.05, 0.1) is 0 Å². The molecule has 8 nitrogen and oxygen atoms in total. The summed E-state index contributed by atoms with van der Waals surface area (Å²) in [6, 6.07) is 18.9. The maximum atomic E-state index is 12.7. The maximum absolute atomic E-state index is 12.7. The van der Waals surface area contributed by atoms with Crippen LogP contribution in [0.5, 0.6) is 0 Å². The van der Waals surface area contributed by atoms with Crippen LogP contribution in [0.3, 0.4) is 0 Å². The number of amides is 1. The molecule has 1 amide bonds. The van der Waals surface area contributed by atoms with Crippen LogP contribution in [0, 0.1) is 5.21 Å². The first-order valence-corrected chi connectivity index (χ1v) is 11.1. The maximum Gasteiger partial charge on any atom is 0.273 e. The number of hydroxylamine groups is 2. The van der Waals surface area contributed by atoms with E-state index in [1.165, 1.54) is 12.6 Å². The highest BCUT2D eigenvalue weighted by Gasteiger charge is 2.31. The lowest BCUT2D eigenvalue weighted by molar-refractivity contribution is -0.0333. The van der Waals surface area contributed by atoms with E-state index in [9.17, 15) is 15.2 Å². The molecular formula is C25H25N5O3. The number of anilines is 1. The Morgan fingerprint density at radius 1 is 0.970 bits per heavy atom. The van der Waals surface area contributed by atoms with E-state index in [1.54, 1.807) is 12.1 Å². The van der Waals surface area contributed by atoms with Crippen LogP contribution in [-0.2, 0) is 0 Å². The second-order valence-electron chi connectivity index (χ2n) is 8.36. The van der Waals surface area contributed by atoms with Crippen LogP contribution in [0.25, 0.3) is 11.1 Å². The van der Waals surface area contributed by atoms with E-state index in [4.69, 9.17) is 0 Å². The molecule has 0 aliphatic carbocycles. The van der Waals surface area contributed by atoms with Gasteiger partial charge < -0.3 is 15.4 Å². The normalized spacial score (nSPS) is 20.1. The summed E-state index contributed by atoms with van der Waals surface area (Å²) in [5.41, 5.74) is 4.04. The van der Waals surface area contributed by atoms with Gasteiger partial charge in [-0.1, -0.05) is 24.3 Å². The number of pyridine rings is 1. The molecule has 168 valence electrons. The van der Waals surface area contributed by atoms with Crippen molar-refractivity contribution in [1.82, 2.24) is 14.7 Å². The van der Waals surface area contributed by atoms with Crippen molar-refractivity contribution in [2.45, 2.75) is 19.3 Å². The predicted octanol–water partition coefficient (Wildman–Crippen LogP) is 4.40. The fraction of sp³-hybridized carbons (Fsp3) is 0.240. The third kappa shape index (κ3) is 4.36. The molecule has 3 heterocycles. The molecule has 1 fully saturated rings. The van der Waals surface area contributed by atoms with Crippen molar-refractivity contribution in [2.24, 2.45) is 4.99 Å². The molecule has 0 saturated carbocycles. The number of carbonyl (C=O) groups is 1. The van der Waals surface area contributed by atoms with Crippen LogP contribution in [-0.4, -0.2) is 46.6 Å². The molecule has 0 bridgehead atoms. The molecule has 2 aliphatic rings. The predicted molar refractivity (Wildman–Crippen MR) is 128 cm³/mol. The van der Waals surface area contributed by atoms with Crippen LogP contribution in [0.15, 0.2) is 71.9 Å². The number of aromatic nitrogens is 1. The Labute approximate surface area is 192 Å². The van der Waals surface area contributed by atoms with E-state index >= 15 is 0 Å². The fourth-order valence-electron chi connectivity index (χ4n) is 4.25. The topological polar surface area (TPSA) is 101 Å². The Balaban J connectivity index is 1.29. The molecule has 0 spiro atoms. The van der Waals surface area contributed by atoms with E-state index in [0.717, 1.165) is 48.3 Å². The Hall–Kier alpha value is -3.59. The summed E-state index contributed by atoms with van der Waals surface area (Å²) in [4.78, 5) is 21.2. The van der Waals surface area contributed by atoms with Gasteiger partial charge >= 0.3 is 0 Å². The van der Waals surface area contributed by atoms with Gasteiger partial charge in [0, 0.05) is 30.5 Å². The second-order valence-corrected chi connectivity index (χ2v) is 8.36. The van der Waals surface area contributed by atoms with Gasteiger partial charge in [0.25, 0.3) is 11.7 Å². The Bertz CT molecular complexity index is 1180. The summed E-state index contributed by atoms with van der Waals surface area (Å²) in [6.45, 7) is 1.33. The number of aliphatic imine (C=N–C) groups is 1. The van der Waals surface area contributed by atoms with Crippen LogP contribution in [0.1, 0.15) is 35.2 Å². The number of quaternary nitrogens is 1. The minimum absolute atomic E-state index is 0.0193. The minimum atomic E-state index is -1.61. The molecule has 3 aromatic rings. The second kappa shape index (κ2) is 8.74. The number of nitrogens with one attached hydrogen (secondary N) is 1. The number of carbonyl (C=O) groups excluding carboxylic acids is 1. The van der Waals surface area contributed by atoms with Crippen LogP contribution in [0.2, 0.25) is 0 Å². The highest BCUT2D eigenvalue weighted by molar-refractivity contribution is 6.11. The van der Waals surface area contributed by atoms with Crippen molar-refractivity contribution in [3.05, 3.63) is 83.2 Å². The molecule has 0 radical (unpaired) electrons. The van der Waals surface area contributed by atoms with E-state index < -0.39 is 4.81 Å². The van der Waals surface area contributed by atoms with Gasteiger partial charge in [0.2, 0.25) is 6.67 Å². The number of hydrogen-bond acceptors (Lipinski definition) is 6. The third-order valence-electron chi connectivity index (χ3n) is 6.05. The molecule has 1 saturated heterocycles. The quantitative estimate of drug-likeness (QED) is 0.462. The van der Waals surface area contributed by atoms with Crippen molar-refractivity contribution in [3.63, 3.8) is 0 Å². The van der Waals surface area contributed by atoms with Crippen molar-refractivity contribution in [3.8, 4) is 11.1 Å². The molecule has 1 aromatic heterocycles. The molecule has 1 atom stereocenters. The minimum Gasteiger partial charge on any atom is -0.591 e. The number of likely N-dealkylation sites (tertiary alicyclic amines) is 1. The van der Waals surface area contributed by atoms with Crippen molar-refractivity contribution >= 4 is 23.2 Å². The van der Waals surface area contributed by atoms with E-state index in [1.807, 2.05) is 53.4 Å². The number of piperidine rings is 1. The first-order valence-electron chi connectivity index (χ1n) is 11.1. The molecule has 2 N–H and O–H groups in total. The standard InChI is InChI=1S/C25H25N5O3/c31-25(29-15-2-1-3-16-29)20-8-6-18(7-9-20)19-10-12-21(13-11-19)28-23-22-5-4-14-26-24(22)30(32,33)17-27-23/h4-14,32H,1-3,15-17H2,(H,27,28). The fourth-order valence-corrected chi connectivity index (χ4v) is 4.25. The number of hydrogen-bond donors (Lipinski definition) is 2. The van der Waals surface area contributed by atoms with E-state index in [2.05, 4.69) is 15.3 Å². The summed E-state index contributed by atoms with van der Waals surface area (Å²) in [6.07, 6.45) is 4.83. The van der Waals surface area contributed by atoms with E-state index in [0.29, 0.717) is 11.4 Å². The molecule has 2 aromatic carbocycles. The number of fused-ring (bicyclic) bond motifs is 1. The zero-order chi connectivity index (χ0) is 22.8. The van der Waals surface area contributed by atoms with Gasteiger partial charge in [-0.15, -0.1) is 4.81 Å². The summed E-state index contributed by atoms with van der Waals surface area (Å²) in [5, 5.41) is 25.3. The number of nitrogens with zero attached hydrogens (tertiary/aromatic N) is 4. The lowest BCUT2D eigenvalue weighted by Gasteiger charge is -2.34. The molecule has 5 rings (SSSR count). The van der Waals surface area contributed by atoms with Gasteiger partial charge in [-0.3, -0.25) is 4.79 Å². The first-order chi connectivity index (χ1) is 16.0. The smallest absolute Gasteiger partial charge is 0.273 e. The average Bonchev–Trinajstić information content (AvgIpc) is 2.87. The van der Waals surface area contributed by atoms with Gasteiger partial charge in [-0.05, 0) is 66.8 Å². The van der Waals surface area contributed by atoms with Gasteiger partial charge in [-0.2, -0.15) is 0 Å².